The Hall–Kier alpha value is -1.80. The molecule has 1 amide bonds. The van der Waals surface area contributed by atoms with Gasteiger partial charge in [-0.15, -0.1) is 0 Å². The van der Waals surface area contributed by atoms with Crippen molar-refractivity contribution in [3.8, 4) is 0 Å². The molecule has 5 nitrogen and oxygen atoms in total. The number of anilines is 2. The highest BCUT2D eigenvalue weighted by Gasteiger charge is 2.42. The van der Waals surface area contributed by atoms with Crippen LogP contribution in [0.3, 0.4) is 0 Å². The Labute approximate surface area is 137 Å². The lowest BCUT2D eigenvalue weighted by atomic mass is 10.1. The Morgan fingerprint density at radius 3 is 2.88 bits per heavy atom. The molecule has 1 aromatic carbocycles. The molecule has 0 spiro atoms. The summed E-state index contributed by atoms with van der Waals surface area (Å²) in [6, 6.07) is 3.24. The fraction of sp³-hybridized carbons (Fsp3) is 0.562. The molecule has 0 bridgehead atoms. The van der Waals surface area contributed by atoms with E-state index in [9.17, 15) is 18.0 Å². The summed E-state index contributed by atoms with van der Waals surface area (Å²) in [4.78, 5) is 11.9. The normalized spacial score (nSPS) is 25.6. The molecule has 3 rings (SSSR count). The quantitative estimate of drug-likeness (QED) is 0.768. The predicted octanol–water partition coefficient (Wildman–Crippen LogP) is 2.35. The highest BCUT2D eigenvalue weighted by molar-refractivity contribution is 5.95. The Bertz CT molecular complexity index is 606. The lowest BCUT2D eigenvalue weighted by Crippen LogP contribution is -2.35. The summed E-state index contributed by atoms with van der Waals surface area (Å²) in [5.74, 6) is -3.99. The van der Waals surface area contributed by atoms with E-state index in [1.54, 1.807) is 0 Å². The number of hydrogen-bond acceptors (Lipinski definition) is 4. The maximum absolute atomic E-state index is 14.1. The molecule has 0 aliphatic carbocycles. The minimum absolute atomic E-state index is 0.0823. The molecule has 0 radical (unpaired) electrons. The third-order valence-corrected chi connectivity index (χ3v) is 4.21. The first-order chi connectivity index (χ1) is 11.4. The van der Waals surface area contributed by atoms with Gasteiger partial charge in [0.1, 0.15) is 5.82 Å². The van der Waals surface area contributed by atoms with Gasteiger partial charge in [-0.2, -0.15) is 0 Å². The van der Waals surface area contributed by atoms with Crippen LogP contribution < -0.4 is 16.0 Å². The fourth-order valence-electron chi connectivity index (χ4n) is 2.90. The summed E-state index contributed by atoms with van der Waals surface area (Å²) in [5.41, 5.74) is 0.547. The molecule has 2 fully saturated rings. The SMILES string of the molecule is O=C(Nc1ccc(NCC2CCCO2)c(F)c1)C1CC(F)(F)CN1. The first-order valence-electron chi connectivity index (χ1n) is 8.00. The van der Waals surface area contributed by atoms with Crippen LogP contribution in [0.25, 0.3) is 0 Å². The Morgan fingerprint density at radius 2 is 2.25 bits per heavy atom. The van der Waals surface area contributed by atoms with Gasteiger partial charge in [0, 0.05) is 25.3 Å². The van der Waals surface area contributed by atoms with Gasteiger partial charge in [0.2, 0.25) is 5.91 Å². The van der Waals surface area contributed by atoms with Crippen LogP contribution in [-0.2, 0) is 9.53 Å². The first-order valence-corrected chi connectivity index (χ1v) is 8.00. The average Bonchev–Trinajstić information content (AvgIpc) is 3.15. The van der Waals surface area contributed by atoms with Crippen LogP contribution in [0.4, 0.5) is 24.5 Å². The highest BCUT2D eigenvalue weighted by Crippen LogP contribution is 2.26. The van der Waals surface area contributed by atoms with E-state index in [0.717, 1.165) is 19.4 Å². The van der Waals surface area contributed by atoms with E-state index >= 15 is 0 Å². The van der Waals surface area contributed by atoms with Gasteiger partial charge in [-0.25, -0.2) is 13.2 Å². The van der Waals surface area contributed by atoms with E-state index < -0.39 is 36.7 Å². The third kappa shape index (κ3) is 4.18. The van der Waals surface area contributed by atoms with Crippen molar-refractivity contribution < 1.29 is 22.7 Å². The van der Waals surface area contributed by atoms with Gasteiger partial charge >= 0.3 is 0 Å². The molecule has 2 saturated heterocycles. The number of nitrogens with one attached hydrogen (secondary N) is 3. The molecule has 2 atom stereocenters. The van der Waals surface area contributed by atoms with Crippen molar-refractivity contribution >= 4 is 17.3 Å². The van der Waals surface area contributed by atoms with E-state index in [1.807, 2.05) is 0 Å². The van der Waals surface area contributed by atoms with E-state index in [0.29, 0.717) is 12.2 Å². The van der Waals surface area contributed by atoms with Crippen LogP contribution in [0.1, 0.15) is 19.3 Å². The molecule has 132 valence electrons. The monoisotopic (exact) mass is 343 g/mol. The van der Waals surface area contributed by atoms with Crippen LogP contribution in [-0.4, -0.2) is 43.7 Å². The number of carbonyl (C=O) groups is 1. The van der Waals surface area contributed by atoms with Gasteiger partial charge in [0.25, 0.3) is 5.92 Å². The second kappa shape index (κ2) is 6.98. The Kier molecular flexibility index (Phi) is 4.96. The van der Waals surface area contributed by atoms with Gasteiger partial charge < -0.3 is 15.4 Å². The number of amides is 1. The lowest BCUT2D eigenvalue weighted by Gasteiger charge is -2.14. The fourth-order valence-corrected chi connectivity index (χ4v) is 2.90. The van der Waals surface area contributed by atoms with Crippen LogP contribution in [0, 0.1) is 5.82 Å². The van der Waals surface area contributed by atoms with E-state index in [-0.39, 0.29) is 11.8 Å². The molecule has 2 aliphatic rings. The number of benzene rings is 1. The number of rotatable bonds is 5. The topological polar surface area (TPSA) is 62.4 Å². The van der Waals surface area contributed by atoms with Crippen LogP contribution in [0.15, 0.2) is 18.2 Å². The number of ether oxygens (including phenoxy) is 1. The first kappa shape index (κ1) is 17.0. The van der Waals surface area contributed by atoms with Gasteiger partial charge in [0.15, 0.2) is 0 Å². The summed E-state index contributed by atoms with van der Waals surface area (Å²) in [7, 11) is 0. The van der Waals surface area contributed by atoms with Crippen molar-refractivity contribution in [1.82, 2.24) is 5.32 Å². The van der Waals surface area contributed by atoms with Crippen molar-refractivity contribution in [1.29, 1.82) is 0 Å². The minimum atomic E-state index is -2.89. The zero-order valence-electron chi connectivity index (χ0n) is 13.1. The molecule has 1 aromatic rings. The Morgan fingerprint density at radius 1 is 1.42 bits per heavy atom. The molecule has 2 aliphatic heterocycles. The molecule has 3 N–H and O–H groups in total. The molecular formula is C16H20F3N3O2. The summed E-state index contributed by atoms with van der Waals surface area (Å²) in [5, 5.41) is 7.90. The molecule has 0 saturated carbocycles. The highest BCUT2D eigenvalue weighted by atomic mass is 19.3. The van der Waals surface area contributed by atoms with Crippen LogP contribution in [0.5, 0.6) is 0 Å². The summed E-state index contributed by atoms with van der Waals surface area (Å²) < 4.78 is 45.7. The maximum Gasteiger partial charge on any atom is 0.262 e. The van der Waals surface area contributed by atoms with Crippen LogP contribution in [0.2, 0.25) is 0 Å². The molecule has 2 heterocycles. The van der Waals surface area contributed by atoms with Crippen molar-refractivity contribution in [2.45, 2.75) is 37.3 Å². The Balaban J connectivity index is 1.55. The van der Waals surface area contributed by atoms with Gasteiger partial charge in [-0.1, -0.05) is 0 Å². The average molecular weight is 343 g/mol. The lowest BCUT2D eigenvalue weighted by molar-refractivity contribution is -0.118. The van der Waals surface area contributed by atoms with E-state index in [4.69, 9.17) is 4.74 Å². The van der Waals surface area contributed by atoms with Crippen molar-refractivity contribution in [2.75, 3.05) is 30.3 Å². The van der Waals surface area contributed by atoms with Crippen LogP contribution >= 0.6 is 0 Å². The van der Waals surface area contributed by atoms with Gasteiger partial charge in [0.05, 0.1) is 24.4 Å². The van der Waals surface area contributed by atoms with Crippen molar-refractivity contribution in [3.05, 3.63) is 24.0 Å². The smallest absolute Gasteiger partial charge is 0.262 e. The minimum Gasteiger partial charge on any atom is -0.380 e. The molecular weight excluding hydrogens is 323 g/mol. The van der Waals surface area contributed by atoms with E-state index in [1.165, 1.54) is 18.2 Å². The summed E-state index contributed by atoms with van der Waals surface area (Å²) in [6.45, 7) is 0.725. The molecule has 2 unspecified atom stereocenters. The second-order valence-corrected chi connectivity index (χ2v) is 6.19. The molecule has 24 heavy (non-hydrogen) atoms. The van der Waals surface area contributed by atoms with Gasteiger partial charge in [-0.05, 0) is 31.0 Å². The summed E-state index contributed by atoms with van der Waals surface area (Å²) in [6.07, 6.45) is 1.48. The van der Waals surface area contributed by atoms with Crippen molar-refractivity contribution in [2.24, 2.45) is 0 Å². The molecule has 8 heteroatoms. The predicted molar refractivity (Wildman–Crippen MR) is 83.8 cm³/mol. The standard InChI is InChI=1S/C16H20F3N3O2/c17-12-6-10(22-15(23)14-7-16(18,19)9-21-14)3-4-13(12)20-8-11-2-1-5-24-11/h3-4,6,11,14,20-21H,1-2,5,7-9H2,(H,22,23). The zero-order valence-corrected chi connectivity index (χ0v) is 13.1. The van der Waals surface area contributed by atoms with Gasteiger partial charge in [-0.3, -0.25) is 10.1 Å². The maximum atomic E-state index is 14.1. The zero-order chi connectivity index (χ0) is 17.2. The summed E-state index contributed by atoms with van der Waals surface area (Å²) >= 11 is 0. The van der Waals surface area contributed by atoms with E-state index in [2.05, 4.69) is 16.0 Å². The third-order valence-electron chi connectivity index (χ3n) is 4.21. The number of carbonyl (C=O) groups excluding carboxylic acids is 1. The number of hydrogen-bond donors (Lipinski definition) is 3. The second-order valence-electron chi connectivity index (χ2n) is 6.19. The number of alkyl halides is 2. The largest absolute Gasteiger partial charge is 0.380 e. The molecule has 0 aromatic heterocycles. The van der Waals surface area contributed by atoms with Crippen molar-refractivity contribution in [3.63, 3.8) is 0 Å². The number of halogens is 3.